The minimum atomic E-state index is -0.672. The van der Waals surface area contributed by atoms with Gasteiger partial charge in [-0.05, 0) is 57.8 Å². The molecule has 2 unspecified atom stereocenters. The first-order chi connectivity index (χ1) is 32.0. The van der Waals surface area contributed by atoms with Crippen molar-refractivity contribution < 1.29 is 24.5 Å². The van der Waals surface area contributed by atoms with Crippen molar-refractivity contribution in [1.82, 2.24) is 5.32 Å². The SMILES string of the molecule is CCCCC/C=C\C/C=C\CCCCCCCC(=O)OCCCCCCCCCCCCCCCCC(=O)NC(CO)C(O)CCCCCCCCCCCCCCCCCCCCC. The third-order valence-electron chi connectivity index (χ3n) is 13.5. The second kappa shape index (κ2) is 54.9. The zero-order valence-corrected chi connectivity index (χ0v) is 43.7. The van der Waals surface area contributed by atoms with Crippen LogP contribution in [0.2, 0.25) is 0 Å². The van der Waals surface area contributed by atoms with Crippen LogP contribution in [-0.2, 0) is 14.3 Å². The number of esters is 1. The van der Waals surface area contributed by atoms with Gasteiger partial charge in [0.25, 0.3) is 0 Å². The van der Waals surface area contributed by atoms with Crippen molar-refractivity contribution in [2.24, 2.45) is 0 Å². The summed E-state index contributed by atoms with van der Waals surface area (Å²) in [6, 6.07) is -0.550. The molecule has 65 heavy (non-hydrogen) atoms. The maximum atomic E-state index is 12.5. The van der Waals surface area contributed by atoms with E-state index in [1.807, 2.05) is 0 Å². The summed E-state index contributed by atoms with van der Waals surface area (Å²) < 4.78 is 5.47. The predicted molar refractivity (Wildman–Crippen MR) is 283 cm³/mol. The van der Waals surface area contributed by atoms with Gasteiger partial charge in [-0.3, -0.25) is 9.59 Å². The molecule has 384 valence electrons. The fourth-order valence-corrected chi connectivity index (χ4v) is 9.02. The molecule has 0 aliphatic rings. The van der Waals surface area contributed by atoms with Crippen LogP contribution in [0.5, 0.6) is 0 Å². The molecule has 0 saturated carbocycles. The van der Waals surface area contributed by atoms with Crippen molar-refractivity contribution in [2.75, 3.05) is 13.2 Å². The first-order valence-corrected chi connectivity index (χ1v) is 29.1. The summed E-state index contributed by atoms with van der Waals surface area (Å²) in [5.74, 6) is -0.0592. The summed E-state index contributed by atoms with van der Waals surface area (Å²) in [4.78, 5) is 24.5. The van der Waals surface area contributed by atoms with E-state index in [1.54, 1.807) is 0 Å². The fourth-order valence-electron chi connectivity index (χ4n) is 9.02. The first-order valence-electron chi connectivity index (χ1n) is 29.1. The van der Waals surface area contributed by atoms with E-state index in [9.17, 15) is 19.8 Å². The summed E-state index contributed by atoms with van der Waals surface area (Å²) in [5.41, 5.74) is 0. The van der Waals surface area contributed by atoms with Gasteiger partial charge in [0.2, 0.25) is 5.91 Å². The second-order valence-corrected chi connectivity index (χ2v) is 20.0. The summed E-state index contributed by atoms with van der Waals surface area (Å²) in [7, 11) is 0. The molecule has 0 radical (unpaired) electrons. The summed E-state index contributed by atoms with van der Waals surface area (Å²) in [5, 5.41) is 23.3. The molecular formula is C59H113NO5. The van der Waals surface area contributed by atoms with E-state index in [2.05, 4.69) is 43.5 Å². The molecule has 6 nitrogen and oxygen atoms in total. The molecule has 0 bridgehead atoms. The number of rotatable bonds is 54. The van der Waals surface area contributed by atoms with E-state index in [0.717, 1.165) is 57.8 Å². The van der Waals surface area contributed by atoms with Gasteiger partial charge in [-0.2, -0.15) is 0 Å². The smallest absolute Gasteiger partial charge is 0.305 e. The Bertz CT molecular complexity index is 1010. The van der Waals surface area contributed by atoms with Crippen LogP contribution in [0.1, 0.15) is 316 Å². The highest BCUT2D eigenvalue weighted by atomic mass is 16.5. The Kier molecular flexibility index (Phi) is 53.5. The average molecular weight is 917 g/mol. The van der Waals surface area contributed by atoms with Crippen molar-refractivity contribution in [2.45, 2.75) is 328 Å². The van der Waals surface area contributed by atoms with E-state index in [0.29, 0.717) is 25.9 Å². The van der Waals surface area contributed by atoms with Crippen LogP contribution in [0.4, 0.5) is 0 Å². The number of allylic oxidation sites excluding steroid dienone is 4. The fraction of sp³-hybridized carbons (Fsp3) is 0.898. The molecule has 6 heteroatoms. The van der Waals surface area contributed by atoms with Gasteiger partial charge in [0.1, 0.15) is 0 Å². The molecule has 0 aromatic rings. The lowest BCUT2D eigenvalue weighted by Crippen LogP contribution is -2.45. The standard InChI is InChI=1S/C59H113NO5/c1-3-5-7-9-11-13-15-17-19-20-21-22-24-27-31-35-39-43-47-51-57(62)56(55-61)60-58(63)52-48-44-40-36-32-28-25-26-30-34-38-42-46-50-54-65-59(64)53-49-45-41-37-33-29-23-18-16-14-12-10-8-6-4-2/h12,14,18,23,56-57,61-62H,3-11,13,15-17,19-22,24-55H2,1-2H3,(H,60,63)/b14-12-,23-18-. The molecule has 0 aliphatic heterocycles. The Hall–Kier alpha value is -1.66. The lowest BCUT2D eigenvalue weighted by molar-refractivity contribution is -0.143. The van der Waals surface area contributed by atoms with Crippen LogP contribution in [0.3, 0.4) is 0 Å². The van der Waals surface area contributed by atoms with E-state index >= 15 is 0 Å². The Morgan fingerprint density at radius 3 is 1.20 bits per heavy atom. The Morgan fingerprint density at radius 2 is 0.769 bits per heavy atom. The number of unbranched alkanes of at least 4 members (excludes halogenated alkanes) is 39. The van der Waals surface area contributed by atoms with E-state index in [1.165, 1.54) is 225 Å². The highest BCUT2D eigenvalue weighted by Crippen LogP contribution is 2.17. The van der Waals surface area contributed by atoms with Crippen LogP contribution < -0.4 is 5.32 Å². The molecule has 0 fully saturated rings. The largest absolute Gasteiger partial charge is 0.466 e. The molecule has 2 atom stereocenters. The molecule has 0 rings (SSSR count). The lowest BCUT2D eigenvalue weighted by Gasteiger charge is -2.22. The number of aliphatic hydroxyl groups is 2. The highest BCUT2D eigenvalue weighted by molar-refractivity contribution is 5.76. The molecule has 0 aromatic heterocycles. The normalized spacial score (nSPS) is 12.7. The minimum absolute atomic E-state index is 0.0156. The number of carbonyl (C=O) groups excluding carboxylic acids is 2. The number of aliphatic hydroxyl groups excluding tert-OH is 2. The van der Waals surface area contributed by atoms with Crippen LogP contribution in [-0.4, -0.2) is 47.4 Å². The summed E-state index contributed by atoms with van der Waals surface area (Å²) >= 11 is 0. The van der Waals surface area contributed by atoms with Crippen molar-refractivity contribution >= 4 is 11.9 Å². The highest BCUT2D eigenvalue weighted by Gasteiger charge is 2.20. The van der Waals surface area contributed by atoms with Crippen LogP contribution >= 0.6 is 0 Å². The van der Waals surface area contributed by atoms with E-state index < -0.39 is 12.1 Å². The molecule has 0 saturated heterocycles. The van der Waals surface area contributed by atoms with E-state index in [-0.39, 0.29) is 18.5 Å². The Morgan fingerprint density at radius 1 is 0.431 bits per heavy atom. The van der Waals surface area contributed by atoms with Crippen molar-refractivity contribution in [3.05, 3.63) is 24.3 Å². The maximum absolute atomic E-state index is 12.5. The summed E-state index contributed by atoms with van der Waals surface area (Å²) in [6.07, 6.45) is 65.9. The zero-order valence-electron chi connectivity index (χ0n) is 43.7. The molecule has 3 N–H and O–H groups in total. The van der Waals surface area contributed by atoms with Gasteiger partial charge in [0.15, 0.2) is 0 Å². The van der Waals surface area contributed by atoms with Gasteiger partial charge in [0, 0.05) is 12.8 Å². The topological polar surface area (TPSA) is 95.9 Å². The maximum Gasteiger partial charge on any atom is 0.305 e. The Labute approximate surface area is 405 Å². The van der Waals surface area contributed by atoms with Gasteiger partial charge < -0.3 is 20.3 Å². The zero-order chi connectivity index (χ0) is 47.2. The molecule has 0 aliphatic carbocycles. The van der Waals surface area contributed by atoms with Crippen molar-refractivity contribution in [1.29, 1.82) is 0 Å². The average Bonchev–Trinajstić information content (AvgIpc) is 3.31. The molecular weight excluding hydrogens is 803 g/mol. The monoisotopic (exact) mass is 916 g/mol. The molecule has 0 aromatic carbocycles. The van der Waals surface area contributed by atoms with Gasteiger partial charge in [-0.25, -0.2) is 0 Å². The van der Waals surface area contributed by atoms with Crippen molar-refractivity contribution in [3.63, 3.8) is 0 Å². The molecule has 1 amide bonds. The predicted octanol–water partition coefficient (Wildman–Crippen LogP) is 17.9. The van der Waals surface area contributed by atoms with Gasteiger partial charge in [-0.15, -0.1) is 0 Å². The van der Waals surface area contributed by atoms with Crippen LogP contribution in [0.15, 0.2) is 24.3 Å². The summed E-state index contributed by atoms with van der Waals surface area (Å²) in [6.45, 7) is 4.92. The lowest BCUT2D eigenvalue weighted by atomic mass is 10.0. The number of hydrogen-bond donors (Lipinski definition) is 3. The van der Waals surface area contributed by atoms with Crippen LogP contribution in [0.25, 0.3) is 0 Å². The molecule has 0 heterocycles. The number of nitrogens with one attached hydrogen (secondary N) is 1. The quantitative estimate of drug-likeness (QED) is 0.0321. The third-order valence-corrected chi connectivity index (χ3v) is 13.5. The first kappa shape index (κ1) is 63.3. The number of ether oxygens (including phenoxy) is 1. The Balaban J connectivity index is 3.45. The number of carbonyl (C=O) groups is 2. The van der Waals surface area contributed by atoms with Gasteiger partial charge in [0.05, 0.1) is 25.4 Å². The second-order valence-electron chi connectivity index (χ2n) is 20.0. The van der Waals surface area contributed by atoms with Gasteiger partial charge >= 0.3 is 5.97 Å². The minimum Gasteiger partial charge on any atom is -0.466 e. The third kappa shape index (κ3) is 51.6. The number of hydrogen-bond acceptors (Lipinski definition) is 5. The molecule has 0 spiro atoms. The van der Waals surface area contributed by atoms with Gasteiger partial charge in [-0.1, -0.05) is 269 Å². The number of amides is 1. The van der Waals surface area contributed by atoms with Crippen LogP contribution in [0, 0.1) is 0 Å². The van der Waals surface area contributed by atoms with E-state index in [4.69, 9.17) is 4.74 Å². The van der Waals surface area contributed by atoms with Crippen molar-refractivity contribution in [3.8, 4) is 0 Å².